The fourth-order valence-corrected chi connectivity index (χ4v) is 2.49. The van der Waals surface area contributed by atoms with E-state index in [9.17, 15) is 4.79 Å². The Bertz CT molecular complexity index is 273. The van der Waals surface area contributed by atoms with Crippen LogP contribution in [-0.4, -0.2) is 48.6 Å². The third-order valence-electron chi connectivity index (χ3n) is 3.94. The molecule has 0 radical (unpaired) electrons. The minimum atomic E-state index is 0.218. The van der Waals surface area contributed by atoms with Gasteiger partial charge >= 0.3 is 0 Å². The number of nitrogens with zero attached hydrogens (tertiary/aromatic N) is 1. The van der Waals surface area contributed by atoms with E-state index >= 15 is 0 Å². The van der Waals surface area contributed by atoms with Gasteiger partial charge in [-0.1, -0.05) is 0 Å². The summed E-state index contributed by atoms with van der Waals surface area (Å²) in [6, 6.07) is 0.390. The maximum absolute atomic E-state index is 11.8. The van der Waals surface area contributed by atoms with Crippen LogP contribution in [0, 0.1) is 5.92 Å². The van der Waals surface area contributed by atoms with Crippen molar-refractivity contribution in [1.29, 1.82) is 0 Å². The Hall–Kier alpha value is -0.610. The summed E-state index contributed by atoms with van der Waals surface area (Å²) in [6.07, 6.45) is 2.17. The van der Waals surface area contributed by atoms with Crippen LogP contribution in [0.3, 0.4) is 0 Å². The third kappa shape index (κ3) is 3.19. The lowest BCUT2D eigenvalue weighted by molar-refractivity contribution is -0.127. The fraction of sp³-hybridized carbons (Fsp3) is 0.923. The van der Waals surface area contributed by atoms with E-state index in [4.69, 9.17) is 0 Å². The molecule has 0 spiro atoms. The Morgan fingerprint density at radius 2 is 1.82 bits per heavy atom. The molecule has 0 atom stereocenters. The molecule has 2 aliphatic heterocycles. The number of rotatable bonds is 2. The topological polar surface area (TPSA) is 44.4 Å². The van der Waals surface area contributed by atoms with E-state index in [1.165, 1.54) is 0 Å². The van der Waals surface area contributed by atoms with E-state index in [2.05, 4.69) is 36.3 Å². The van der Waals surface area contributed by atoms with Crippen molar-refractivity contribution in [3.8, 4) is 0 Å². The van der Waals surface area contributed by atoms with E-state index in [0.29, 0.717) is 6.04 Å². The van der Waals surface area contributed by atoms with Crippen LogP contribution >= 0.6 is 0 Å². The highest BCUT2D eigenvalue weighted by molar-refractivity contribution is 5.80. The van der Waals surface area contributed by atoms with Gasteiger partial charge in [0.15, 0.2) is 0 Å². The summed E-state index contributed by atoms with van der Waals surface area (Å²) in [7, 11) is 0. The average Bonchev–Trinajstić information content (AvgIpc) is 2.13. The summed E-state index contributed by atoms with van der Waals surface area (Å²) in [4.78, 5) is 14.3. The van der Waals surface area contributed by atoms with Crippen molar-refractivity contribution < 1.29 is 4.79 Å². The van der Waals surface area contributed by atoms with E-state index in [-0.39, 0.29) is 17.4 Å². The highest BCUT2D eigenvalue weighted by Crippen LogP contribution is 2.20. The summed E-state index contributed by atoms with van der Waals surface area (Å²) in [5.74, 6) is 0.466. The molecule has 0 aliphatic carbocycles. The molecular formula is C13H25N3O. The summed E-state index contributed by atoms with van der Waals surface area (Å²) in [5.41, 5.74) is 0.257. The van der Waals surface area contributed by atoms with Gasteiger partial charge in [0.25, 0.3) is 0 Å². The van der Waals surface area contributed by atoms with Crippen LogP contribution in [0.5, 0.6) is 0 Å². The van der Waals surface area contributed by atoms with Crippen molar-refractivity contribution in [3.05, 3.63) is 0 Å². The number of carbonyl (C=O) groups excluding carboxylic acids is 1. The van der Waals surface area contributed by atoms with Gasteiger partial charge in [-0.25, -0.2) is 0 Å². The molecule has 0 aromatic heterocycles. The van der Waals surface area contributed by atoms with Crippen molar-refractivity contribution in [2.24, 2.45) is 5.92 Å². The first-order valence-electron chi connectivity index (χ1n) is 6.73. The van der Waals surface area contributed by atoms with Crippen molar-refractivity contribution in [3.63, 3.8) is 0 Å². The summed E-state index contributed by atoms with van der Waals surface area (Å²) < 4.78 is 0. The van der Waals surface area contributed by atoms with Gasteiger partial charge in [-0.05, 0) is 33.6 Å². The summed E-state index contributed by atoms with van der Waals surface area (Å²) in [6.45, 7) is 10.7. The molecule has 2 fully saturated rings. The molecule has 17 heavy (non-hydrogen) atoms. The quantitative estimate of drug-likeness (QED) is 0.741. The average molecular weight is 239 g/mol. The zero-order valence-electron chi connectivity index (χ0n) is 11.3. The lowest BCUT2D eigenvalue weighted by Crippen LogP contribution is -2.55. The molecule has 4 nitrogen and oxygen atoms in total. The molecule has 2 rings (SSSR count). The second-order valence-corrected chi connectivity index (χ2v) is 6.30. The van der Waals surface area contributed by atoms with Gasteiger partial charge in [-0.15, -0.1) is 0 Å². The number of amides is 1. The number of hydrogen-bond donors (Lipinski definition) is 2. The number of likely N-dealkylation sites (tertiary alicyclic amines) is 1. The van der Waals surface area contributed by atoms with Gasteiger partial charge in [0.05, 0.1) is 5.92 Å². The molecule has 1 amide bonds. The normalized spacial score (nSPS) is 24.4. The second kappa shape index (κ2) is 4.94. The van der Waals surface area contributed by atoms with Crippen LogP contribution in [-0.2, 0) is 4.79 Å². The Labute approximate surface area is 104 Å². The predicted molar refractivity (Wildman–Crippen MR) is 68.9 cm³/mol. The van der Waals surface area contributed by atoms with Crippen molar-refractivity contribution in [1.82, 2.24) is 15.5 Å². The Balaban J connectivity index is 1.73. The van der Waals surface area contributed by atoms with Crippen molar-refractivity contribution >= 4 is 5.91 Å². The van der Waals surface area contributed by atoms with Gasteiger partial charge in [-0.2, -0.15) is 0 Å². The SMILES string of the molecule is CC(C)(C)N1CCC(NC(=O)C2CNC2)CC1. The third-order valence-corrected chi connectivity index (χ3v) is 3.94. The molecule has 0 unspecified atom stereocenters. The minimum absolute atomic E-state index is 0.218. The molecule has 0 saturated carbocycles. The number of piperidine rings is 1. The Morgan fingerprint density at radius 3 is 2.24 bits per heavy atom. The van der Waals surface area contributed by atoms with Gasteiger partial charge in [-0.3, -0.25) is 9.69 Å². The second-order valence-electron chi connectivity index (χ2n) is 6.30. The van der Waals surface area contributed by atoms with Crippen molar-refractivity contribution in [2.45, 2.75) is 45.2 Å². The molecule has 0 aromatic rings. The first-order valence-corrected chi connectivity index (χ1v) is 6.73. The molecule has 4 heteroatoms. The first-order chi connectivity index (χ1) is 7.97. The maximum atomic E-state index is 11.8. The number of hydrogen-bond acceptors (Lipinski definition) is 3. The standard InChI is InChI=1S/C13H25N3O/c1-13(2,3)16-6-4-11(5-7-16)15-12(17)10-8-14-9-10/h10-11,14H,4-9H2,1-3H3,(H,15,17). The summed E-state index contributed by atoms with van der Waals surface area (Å²) >= 11 is 0. The summed E-state index contributed by atoms with van der Waals surface area (Å²) in [5, 5.41) is 6.32. The molecule has 2 N–H and O–H groups in total. The molecular weight excluding hydrogens is 214 g/mol. The lowest BCUT2D eigenvalue weighted by atomic mass is 9.96. The number of carbonyl (C=O) groups is 1. The first kappa shape index (κ1) is 12.8. The molecule has 2 aliphatic rings. The van der Waals surface area contributed by atoms with E-state index in [1.807, 2.05) is 0 Å². The molecule has 2 saturated heterocycles. The zero-order valence-corrected chi connectivity index (χ0v) is 11.3. The lowest BCUT2D eigenvalue weighted by Gasteiger charge is -2.41. The fourth-order valence-electron chi connectivity index (χ4n) is 2.49. The van der Waals surface area contributed by atoms with Crippen LogP contribution in [0.15, 0.2) is 0 Å². The Morgan fingerprint density at radius 1 is 1.24 bits per heavy atom. The molecule has 98 valence electrons. The number of nitrogens with one attached hydrogen (secondary N) is 2. The van der Waals surface area contributed by atoms with Gasteiger partial charge in [0.2, 0.25) is 5.91 Å². The van der Waals surface area contributed by atoms with E-state index in [1.54, 1.807) is 0 Å². The monoisotopic (exact) mass is 239 g/mol. The van der Waals surface area contributed by atoms with Crippen molar-refractivity contribution in [2.75, 3.05) is 26.2 Å². The van der Waals surface area contributed by atoms with E-state index < -0.39 is 0 Å². The van der Waals surface area contributed by atoms with Crippen LogP contribution < -0.4 is 10.6 Å². The largest absolute Gasteiger partial charge is 0.353 e. The highest BCUT2D eigenvalue weighted by Gasteiger charge is 2.30. The highest BCUT2D eigenvalue weighted by atomic mass is 16.2. The Kier molecular flexibility index (Phi) is 3.73. The molecule has 0 bridgehead atoms. The van der Waals surface area contributed by atoms with Gasteiger partial charge in [0.1, 0.15) is 0 Å². The maximum Gasteiger partial charge on any atom is 0.225 e. The molecule has 2 heterocycles. The zero-order chi connectivity index (χ0) is 12.5. The van der Waals surface area contributed by atoms with Crippen LogP contribution in [0.4, 0.5) is 0 Å². The van der Waals surface area contributed by atoms with Crippen LogP contribution in [0.2, 0.25) is 0 Å². The minimum Gasteiger partial charge on any atom is -0.353 e. The molecule has 0 aromatic carbocycles. The van der Waals surface area contributed by atoms with Crippen LogP contribution in [0.1, 0.15) is 33.6 Å². The van der Waals surface area contributed by atoms with Gasteiger partial charge < -0.3 is 10.6 Å². The van der Waals surface area contributed by atoms with Gasteiger partial charge in [0, 0.05) is 37.8 Å². The van der Waals surface area contributed by atoms with Crippen LogP contribution in [0.25, 0.3) is 0 Å². The smallest absolute Gasteiger partial charge is 0.225 e. The van der Waals surface area contributed by atoms with E-state index in [0.717, 1.165) is 39.0 Å². The predicted octanol–water partition coefficient (Wildman–Crippen LogP) is 0.585.